The van der Waals surface area contributed by atoms with Crippen LogP contribution in [0.3, 0.4) is 0 Å². The highest BCUT2D eigenvalue weighted by atomic mass is 16.6. The van der Waals surface area contributed by atoms with E-state index in [0.29, 0.717) is 11.3 Å². The summed E-state index contributed by atoms with van der Waals surface area (Å²) in [6.07, 6.45) is -1.03. The molecule has 1 unspecified atom stereocenters. The van der Waals surface area contributed by atoms with E-state index in [1.807, 2.05) is 30.3 Å². The van der Waals surface area contributed by atoms with Crippen molar-refractivity contribution in [2.75, 3.05) is 13.2 Å². The van der Waals surface area contributed by atoms with Crippen molar-refractivity contribution in [1.29, 1.82) is 0 Å². The maximum absolute atomic E-state index is 10.9. The van der Waals surface area contributed by atoms with Gasteiger partial charge in [-0.25, -0.2) is 0 Å². The second kappa shape index (κ2) is 7.94. The van der Waals surface area contributed by atoms with Gasteiger partial charge >= 0.3 is 0 Å². The second-order valence-electron chi connectivity index (χ2n) is 4.70. The standard InChI is InChI=1S/C17H15NO5/c19-11-16(20)12-23-17-9-8-15(18(21)22)10-14(17)7-6-13-4-2-1-3-5-13/h1-5,8-10,16,19-20H,11-12H2. The topological polar surface area (TPSA) is 92.8 Å². The molecular weight excluding hydrogens is 298 g/mol. The Hall–Kier alpha value is -2.88. The van der Waals surface area contributed by atoms with Crippen LogP contribution in [0.25, 0.3) is 0 Å². The molecule has 0 aliphatic rings. The number of aliphatic hydroxyl groups excluding tert-OH is 2. The fraction of sp³-hybridized carbons (Fsp3) is 0.176. The number of hydrogen-bond acceptors (Lipinski definition) is 5. The first-order valence-electron chi connectivity index (χ1n) is 6.87. The Labute approximate surface area is 133 Å². The quantitative estimate of drug-likeness (QED) is 0.498. The first-order valence-corrected chi connectivity index (χ1v) is 6.87. The number of hydrogen-bond donors (Lipinski definition) is 2. The Morgan fingerprint density at radius 1 is 1.17 bits per heavy atom. The minimum Gasteiger partial charge on any atom is -0.489 e. The van der Waals surface area contributed by atoms with Gasteiger partial charge in [0.15, 0.2) is 0 Å². The summed E-state index contributed by atoms with van der Waals surface area (Å²) in [6, 6.07) is 13.2. The Kier molecular flexibility index (Phi) is 5.69. The van der Waals surface area contributed by atoms with Crippen LogP contribution >= 0.6 is 0 Å². The lowest BCUT2D eigenvalue weighted by Gasteiger charge is -2.11. The Morgan fingerprint density at radius 3 is 2.57 bits per heavy atom. The number of ether oxygens (including phenoxy) is 1. The molecule has 0 fully saturated rings. The summed E-state index contributed by atoms with van der Waals surface area (Å²) >= 11 is 0. The lowest BCUT2D eigenvalue weighted by atomic mass is 10.1. The first-order chi connectivity index (χ1) is 11.1. The molecule has 6 heteroatoms. The summed E-state index contributed by atoms with van der Waals surface area (Å²) in [7, 11) is 0. The maximum Gasteiger partial charge on any atom is 0.270 e. The molecule has 6 nitrogen and oxygen atoms in total. The van der Waals surface area contributed by atoms with E-state index in [-0.39, 0.29) is 12.3 Å². The molecule has 0 amide bonds. The van der Waals surface area contributed by atoms with Gasteiger partial charge in [0.25, 0.3) is 5.69 Å². The first kappa shape index (κ1) is 16.5. The summed E-state index contributed by atoms with van der Waals surface area (Å²) in [5.74, 6) is 6.06. The SMILES string of the molecule is O=[N+]([O-])c1ccc(OCC(O)CO)c(C#Cc2ccccc2)c1. The van der Waals surface area contributed by atoms with E-state index < -0.39 is 17.6 Å². The van der Waals surface area contributed by atoms with E-state index in [4.69, 9.17) is 9.84 Å². The van der Waals surface area contributed by atoms with Crippen molar-refractivity contribution in [2.24, 2.45) is 0 Å². The zero-order chi connectivity index (χ0) is 16.7. The average Bonchev–Trinajstić information content (AvgIpc) is 2.58. The van der Waals surface area contributed by atoms with E-state index in [0.717, 1.165) is 5.56 Å². The highest BCUT2D eigenvalue weighted by Gasteiger charge is 2.12. The monoisotopic (exact) mass is 313 g/mol. The minimum atomic E-state index is -1.03. The van der Waals surface area contributed by atoms with Crippen LogP contribution in [-0.4, -0.2) is 34.5 Å². The molecule has 0 radical (unpaired) electrons. The molecule has 0 heterocycles. The fourth-order valence-corrected chi connectivity index (χ4v) is 1.75. The highest BCUT2D eigenvalue weighted by molar-refractivity contribution is 5.54. The highest BCUT2D eigenvalue weighted by Crippen LogP contribution is 2.23. The van der Waals surface area contributed by atoms with Crippen LogP contribution in [0.2, 0.25) is 0 Å². The fourth-order valence-electron chi connectivity index (χ4n) is 1.75. The van der Waals surface area contributed by atoms with Crippen molar-refractivity contribution in [3.8, 4) is 17.6 Å². The number of aliphatic hydroxyl groups is 2. The average molecular weight is 313 g/mol. The third-order valence-corrected chi connectivity index (χ3v) is 2.93. The number of benzene rings is 2. The predicted molar refractivity (Wildman–Crippen MR) is 84.1 cm³/mol. The molecule has 0 bridgehead atoms. The number of rotatable bonds is 5. The van der Waals surface area contributed by atoms with E-state index in [1.165, 1.54) is 18.2 Å². The molecule has 0 aliphatic heterocycles. The summed E-state index contributed by atoms with van der Waals surface area (Å²) in [6.45, 7) is -0.563. The molecule has 0 saturated heterocycles. The van der Waals surface area contributed by atoms with Crippen LogP contribution in [0, 0.1) is 22.0 Å². The summed E-state index contributed by atoms with van der Waals surface area (Å²) in [5, 5.41) is 29.0. The molecule has 23 heavy (non-hydrogen) atoms. The molecule has 1 atom stereocenters. The van der Waals surface area contributed by atoms with Crippen molar-refractivity contribution in [2.45, 2.75) is 6.10 Å². The molecule has 118 valence electrons. The van der Waals surface area contributed by atoms with Crippen molar-refractivity contribution in [1.82, 2.24) is 0 Å². The number of nitro groups is 1. The molecule has 0 aromatic heterocycles. The molecule has 2 rings (SSSR count). The van der Waals surface area contributed by atoms with Crippen LogP contribution in [0.4, 0.5) is 5.69 Å². The predicted octanol–water partition coefficient (Wildman–Crippen LogP) is 1.73. The van der Waals surface area contributed by atoms with Crippen LogP contribution in [0.1, 0.15) is 11.1 Å². The smallest absolute Gasteiger partial charge is 0.270 e. The lowest BCUT2D eigenvalue weighted by Crippen LogP contribution is -2.21. The van der Waals surface area contributed by atoms with Gasteiger partial charge in [0.2, 0.25) is 0 Å². The zero-order valence-corrected chi connectivity index (χ0v) is 12.2. The van der Waals surface area contributed by atoms with Crippen LogP contribution in [0.15, 0.2) is 48.5 Å². The van der Waals surface area contributed by atoms with Crippen molar-refractivity contribution < 1.29 is 19.9 Å². The van der Waals surface area contributed by atoms with Gasteiger partial charge in [-0.1, -0.05) is 30.0 Å². The van der Waals surface area contributed by atoms with Gasteiger partial charge in [0.1, 0.15) is 18.5 Å². The van der Waals surface area contributed by atoms with Gasteiger partial charge in [-0.15, -0.1) is 0 Å². The van der Waals surface area contributed by atoms with E-state index in [2.05, 4.69) is 11.8 Å². The van der Waals surface area contributed by atoms with E-state index >= 15 is 0 Å². The number of nitro benzene ring substituents is 1. The number of non-ortho nitro benzene ring substituents is 1. The zero-order valence-electron chi connectivity index (χ0n) is 12.2. The minimum absolute atomic E-state index is 0.0996. The normalized spacial score (nSPS) is 11.2. The molecule has 2 aromatic carbocycles. The van der Waals surface area contributed by atoms with Crippen LogP contribution < -0.4 is 4.74 Å². The van der Waals surface area contributed by atoms with E-state index in [9.17, 15) is 15.2 Å². The Bertz CT molecular complexity index is 734. The van der Waals surface area contributed by atoms with E-state index in [1.54, 1.807) is 0 Å². The van der Waals surface area contributed by atoms with Crippen LogP contribution in [0.5, 0.6) is 5.75 Å². The van der Waals surface area contributed by atoms with Gasteiger partial charge in [-0.2, -0.15) is 0 Å². The Balaban J connectivity index is 2.31. The molecular formula is C17H15NO5. The summed E-state index contributed by atoms with van der Waals surface area (Å²) in [4.78, 5) is 10.4. The second-order valence-corrected chi connectivity index (χ2v) is 4.70. The molecule has 2 aromatic rings. The summed E-state index contributed by atoms with van der Waals surface area (Å²) in [5.41, 5.74) is 1.01. The van der Waals surface area contributed by atoms with Crippen molar-refractivity contribution in [3.63, 3.8) is 0 Å². The molecule has 0 saturated carbocycles. The third kappa shape index (κ3) is 4.81. The lowest BCUT2D eigenvalue weighted by molar-refractivity contribution is -0.384. The van der Waals surface area contributed by atoms with Gasteiger partial charge in [-0.05, 0) is 18.2 Å². The molecule has 2 N–H and O–H groups in total. The van der Waals surface area contributed by atoms with Gasteiger partial charge in [0, 0.05) is 17.7 Å². The largest absolute Gasteiger partial charge is 0.489 e. The Morgan fingerprint density at radius 2 is 1.91 bits per heavy atom. The van der Waals surface area contributed by atoms with Crippen molar-refractivity contribution in [3.05, 3.63) is 69.8 Å². The van der Waals surface area contributed by atoms with Gasteiger partial charge in [0.05, 0.1) is 17.1 Å². The van der Waals surface area contributed by atoms with Gasteiger partial charge < -0.3 is 14.9 Å². The number of nitrogens with zero attached hydrogens (tertiary/aromatic N) is 1. The third-order valence-electron chi connectivity index (χ3n) is 2.93. The van der Waals surface area contributed by atoms with Crippen molar-refractivity contribution >= 4 is 5.69 Å². The summed E-state index contributed by atoms with van der Waals surface area (Å²) < 4.78 is 5.38. The van der Waals surface area contributed by atoms with Gasteiger partial charge in [-0.3, -0.25) is 10.1 Å². The van der Waals surface area contributed by atoms with Crippen LogP contribution in [-0.2, 0) is 0 Å². The molecule has 0 aliphatic carbocycles. The molecule has 0 spiro atoms. The maximum atomic E-state index is 10.9.